The third-order valence-corrected chi connectivity index (χ3v) is 1.72. The van der Waals surface area contributed by atoms with Gasteiger partial charge >= 0.3 is 0 Å². The van der Waals surface area contributed by atoms with Gasteiger partial charge < -0.3 is 10.1 Å². The van der Waals surface area contributed by atoms with Gasteiger partial charge in [0, 0.05) is 12.7 Å². The molecule has 0 fully saturated rings. The first-order valence-electron chi connectivity index (χ1n) is 5.03. The van der Waals surface area contributed by atoms with E-state index in [1.54, 1.807) is 6.20 Å². The van der Waals surface area contributed by atoms with E-state index < -0.39 is 0 Å². The highest BCUT2D eigenvalue weighted by atomic mass is 16.5. The first kappa shape index (κ1) is 11.0. The summed E-state index contributed by atoms with van der Waals surface area (Å²) >= 11 is 0. The molecule has 0 aliphatic rings. The Balaban J connectivity index is 2.59. The van der Waals surface area contributed by atoms with Crippen LogP contribution in [0.2, 0.25) is 0 Å². The summed E-state index contributed by atoms with van der Waals surface area (Å²) in [5, 5.41) is 3.25. The molecule has 1 N–H and O–H groups in total. The maximum atomic E-state index is 5.54. The van der Waals surface area contributed by atoms with E-state index in [1.165, 1.54) is 0 Å². The summed E-state index contributed by atoms with van der Waals surface area (Å²) < 4.78 is 5.54. The average molecular weight is 194 g/mol. The van der Waals surface area contributed by atoms with Crippen LogP contribution < -0.4 is 10.1 Å². The number of aromatic nitrogens is 1. The fraction of sp³-hybridized carbons (Fsp3) is 0.545. The van der Waals surface area contributed by atoms with Gasteiger partial charge in [-0.15, -0.1) is 0 Å². The zero-order valence-corrected chi connectivity index (χ0v) is 9.08. The highest BCUT2D eigenvalue weighted by molar-refractivity contribution is 5.23. The molecule has 0 aliphatic carbocycles. The van der Waals surface area contributed by atoms with Gasteiger partial charge in [0.15, 0.2) is 0 Å². The molecule has 0 saturated heterocycles. The normalized spacial score (nSPS) is 10.6. The summed E-state index contributed by atoms with van der Waals surface area (Å²) in [5.74, 6) is 0.843. The Morgan fingerprint density at radius 2 is 2.21 bits per heavy atom. The molecule has 0 aliphatic heterocycles. The maximum Gasteiger partial charge on any atom is 0.138 e. The number of hydrogen-bond acceptors (Lipinski definition) is 3. The molecule has 3 heteroatoms. The summed E-state index contributed by atoms with van der Waals surface area (Å²) in [4.78, 5) is 4.13. The monoisotopic (exact) mass is 194 g/mol. The van der Waals surface area contributed by atoms with E-state index in [1.807, 2.05) is 26.1 Å². The summed E-state index contributed by atoms with van der Waals surface area (Å²) in [7, 11) is 0. The molecular formula is C11H18N2O. The second-order valence-electron chi connectivity index (χ2n) is 3.48. The van der Waals surface area contributed by atoms with Gasteiger partial charge in [0.2, 0.25) is 0 Å². The van der Waals surface area contributed by atoms with Crippen molar-refractivity contribution in [1.29, 1.82) is 0 Å². The number of ether oxygens (including phenoxy) is 1. The Morgan fingerprint density at radius 1 is 1.43 bits per heavy atom. The van der Waals surface area contributed by atoms with E-state index in [4.69, 9.17) is 4.74 Å². The standard InChI is InChI=1S/C11H18N2O/c1-4-12-6-10-5-11(8-13-7-10)14-9(2)3/h5,7-9,12H,4,6H2,1-3H3. The molecule has 78 valence electrons. The minimum Gasteiger partial charge on any atom is -0.489 e. The molecule has 0 bridgehead atoms. The molecule has 1 aromatic rings. The van der Waals surface area contributed by atoms with Crippen LogP contribution in [0.4, 0.5) is 0 Å². The average Bonchev–Trinajstić information content (AvgIpc) is 2.14. The zero-order chi connectivity index (χ0) is 10.4. The number of hydrogen-bond donors (Lipinski definition) is 1. The van der Waals surface area contributed by atoms with Gasteiger partial charge in [0.05, 0.1) is 12.3 Å². The van der Waals surface area contributed by atoms with Crippen LogP contribution in [0.25, 0.3) is 0 Å². The molecule has 1 heterocycles. The lowest BCUT2D eigenvalue weighted by atomic mass is 10.3. The van der Waals surface area contributed by atoms with Crippen LogP contribution in [0.1, 0.15) is 26.3 Å². The number of rotatable bonds is 5. The molecule has 0 saturated carbocycles. The minimum atomic E-state index is 0.200. The third-order valence-electron chi connectivity index (χ3n) is 1.72. The van der Waals surface area contributed by atoms with Gasteiger partial charge in [-0.1, -0.05) is 6.92 Å². The Labute approximate surface area is 85.5 Å². The lowest BCUT2D eigenvalue weighted by Crippen LogP contribution is -2.12. The van der Waals surface area contributed by atoms with Crippen LogP contribution in [0, 0.1) is 0 Å². The predicted molar refractivity (Wildman–Crippen MR) is 57.4 cm³/mol. The molecule has 3 nitrogen and oxygen atoms in total. The van der Waals surface area contributed by atoms with Crippen LogP contribution in [-0.2, 0) is 6.54 Å². The molecule has 0 atom stereocenters. The van der Waals surface area contributed by atoms with E-state index >= 15 is 0 Å². The molecule has 0 spiro atoms. The van der Waals surface area contributed by atoms with Crippen molar-refractivity contribution in [3.05, 3.63) is 24.0 Å². The molecule has 14 heavy (non-hydrogen) atoms. The van der Waals surface area contributed by atoms with Crippen molar-refractivity contribution in [2.45, 2.75) is 33.4 Å². The zero-order valence-electron chi connectivity index (χ0n) is 9.08. The van der Waals surface area contributed by atoms with Gasteiger partial charge in [0.25, 0.3) is 0 Å². The van der Waals surface area contributed by atoms with Gasteiger partial charge in [0.1, 0.15) is 5.75 Å². The molecule has 1 aromatic heterocycles. The lowest BCUT2D eigenvalue weighted by molar-refractivity contribution is 0.241. The molecule has 1 rings (SSSR count). The fourth-order valence-corrected chi connectivity index (χ4v) is 1.17. The van der Waals surface area contributed by atoms with Crippen LogP contribution in [0.5, 0.6) is 5.75 Å². The van der Waals surface area contributed by atoms with Gasteiger partial charge in [-0.05, 0) is 32.0 Å². The van der Waals surface area contributed by atoms with Crippen LogP contribution in [0.15, 0.2) is 18.5 Å². The highest BCUT2D eigenvalue weighted by Crippen LogP contribution is 2.12. The molecule has 0 aromatic carbocycles. The van der Waals surface area contributed by atoms with E-state index in [2.05, 4.69) is 17.2 Å². The quantitative estimate of drug-likeness (QED) is 0.778. The summed E-state index contributed by atoms with van der Waals surface area (Å²) in [6, 6.07) is 2.02. The highest BCUT2D eigenvalue weighted by Gasteiger charge is 1.99. The van der Waals surface area contributed by atoms with E-state index in [-0.39, 0.29) is 6.10 Å². The third kappa shape index (κ3) is 3.75. The van der Waals surface area contributed by atoms with Gasteiger partial charge in [-0.2, -0.15) is 0 Å². The first-order valence-corrected chi connectivity index (χ1v) is 5.03. The minimum absolute atomic E-state index is 0.200. The van der Waals surface area contributed by atoms with Gasteiger partial charge in [-0.25, -0.2) is 0 Å². The largest absolute Gasteiger partial charge is 0.489 e. The predicted octanol–water partition coefficient (Wildman–Crippen LogP) is 1.98. The smallest absolute Gasteiger partial charge is 0.138 e. The van der Waals surface area contributed by atoms with Crippen molar-refractivity contribution < 1.29 is 4.74 Å². The van der Waals surface area contributed by atoms with Crippen molar-refractivity contribution in [1.82, 2.24) is 10.3 Å². The van der Waals surface area contributed by atoms with E-state index in [9.17, 15) is 0 Å². The second kappa shape index (κ2) is 5.60. The van der Waals surface area contributed by atoms with Crippen molar-refractivity contribution in [2.24, 2.45) is 0 Å². The maximum absolute atomic E-state index is 5.54. The molecular weight excluding hydrogens is 176 g/mol. The summed E-state index contributed by atoms with van der Waals surface area (Å²) in [5.41, 5.74) is 1.16. The van der Waals surface area contributed by atoms with Crippen molar-refractivity contribution in [3.8, 4) is 5.75 Å². The van der Waals surface area contributed by atoms with Crippen molar-refractivity contribution in [3.63, 3.8) is 0 Å². The molecule has 0 amide bonds. The Kier molecular flexibility index (Phi) is 4.40. The Bertz CT molecular complexity index is 274. The van der Waals surface area contributed by atoms with Gasteiger partial charge in [-0.3, -0.25) is 4.98 Å². The first-order chi connectivity index (χ1) is 6.72. The van der Waals surface area contributed by atoms with Crippen molar-refractivity contribution in [2.75, 3.05) is 6.54 Å². The van der Waals surface area contributed by atoms with Crippen LogP contribution in [-0.4, -0.2) is 17.6 Å². The fourth-order valence-electron chi connectivity index (χ4n) is 1.17. The number of pyridine rings is 1. The van der Waals surface area contributed by atoms with Crippen LogP contribution >= 0.6 is 0 Å². The topological polar surface area (TPSA) is 34.2 Å². The number of nitrogens with zero attached hydrogens (tertiary/aromatic N) is 1. The summed E-state index contributed by atoms with van der Waals surface area (Å²) in [6.07, 6.45) is 3.80. The van der Waals surface area contributed by atoms with E-state index in [0.717, 1.165) is 24.4 Å². The lowest BCUT2D eigenvalue weighted by Gasteiger charge is -2.10. The van der Waals surface area contributed by atoms with Crippen LogP contribution in [0.3, 0.4) is 0 Å². The Hall–Kier alpha value is -1.09. The summed E-state index contributed by atoms with van der Waals surface area (Å²) in [6.45, 7) is 7.92. The van der Waals surface area contributed by atoms with E-state index in [0.29, 0.717) is 0 Å². The van der Waals surface area contributed by atoms with Crippen molar-refractivity contribution >= 4 is 0 Å². The second-order valence-corrected chi connectivity index (χ2v) is 3.48. The molecule has 0 radical (unpaired) electrons. The SMILES string of the molecule is CCNCc1cncc(OC(C)C)c1. The molecule has 0 unspecified atom stereocenters. The number of nitrogens with one attached hydrogen (secondary N) is 1. The Morgan fingerprint density at radius 3 is 2.86 bits per heavy atom.